The Kier molecular flexibility index (Phi) is 16.7. The molecule has 4 aliphatic rings. The second-order valence-corrected chi connectivity index (χ2v) is 21.1. The number of esters is 2. The van der Waals surface area contributed by atoms with E-state index in [-0.39, 0.29) is 51.0 Å². The molecular weight excluding hydrogens is 981 g/mol. The second-order valence-electron chi connectivity index (χ2n) is 21.1. The van der Waals surface area contributed by atoms with Crippen LogP contribution in [-0.4, -0.2) is 143 Å². The fourth-order valence-electron chi connectivity index (χ4n) is 9.46. The van der Waals surface area contributed by atoms with Crippen LogP contribution in [0.25, 0.3) is 21.8 Å². The first-order valence-corrected chi connectivity index (χ1v) is 25.4. The number of amides is 4. The molecule has 2 aromatic heterocycles. The zero-order valence-electron chi connectivity index (χ0n) is 45.0. The first-order valence-electron chi connectivity index (χ1n) is 25.4. The highest BCUT2D eigenvalue weighted by molar-refractivity contribution is 5.96. The minimum Gasteiger partial charge on any atom is -0.497 e. The molecule has 2 aromatic carbocycles. The number of methoxy groups -OCH3 is 2. The first kappa shape index (κ1) is 56.1. The lowest BCUT2D eigenvalue weighted by molar-refractivity contribution is -0.150. The Morgan fingerprint density at radius 1 is 0.632 bits per heavy atom. The predicted octanol–water partition coefficient (Wildman–Crippen LogP) is 7.25. The van der Waals surface area contributed by atoms with Crippen LogP contribution in [0.3, 0.4) is 0 Å². The van der Waals surface area contributed by atoms with Crippen molar-refractivity contribution in [1.82, 2.24) is 30.4 Å². The molecule has 4 aromatic rings. The number of aromatic nitrogens is 2. The van der Waals surface area contributed by atoms with E-state index in [0.29, 0.717) is 46.9 Å². The average molecular weight is 1050 g/mol. The Labute approximate surface area is 442 Å². The van der Waals surface area contributed by atoms with Gasteiger partial charge in [0, 0.05) is 60.0 Å². The van der Waals surface area contributed by atoms with E-state index in [0.717, 1.165) is 10.8 Å². The lowest BCUT2D eigenvalue weighted by Crippen LogP contribution is -2.53. The number of carbonyl (C=O) groups is 6. The zero-order valence-corrected chi connectivity index (χ0v) is 45.0. The molecule has 4 heterocycles. The highest BCUT2D eigenvalue weighted by Gasteiger charge is 2.63. The number of fused-ring (bicyclic) bond motifs is 2. The molecule has 0 radical (unpaired) electrons. The minimum atomic E-state index is -1.17. The lowest BCUT2D eigenvalue weighted by Gasteiger charge is -2.28. The van der Waals surface area contributed by atoms with Crippen LogP contribution in [0.15, 0.2) is 86.2 Å². The summed E-state index contributed by atoms with van der Waals surface area (Å²) in [5, 5.41) is 7.26. The molecule has 2 saturated carbocycles. The molecule has 4 fully saturated rings. The minimum absolute atomic E-state index is 0.129. The summed E-state index contributed by atoms with van der Waals surface area (Å²) in [7, 11) is 3.17. The molecule has 4 amide bonds. The molecule has 76 heavy (non-hydrogen) atoms. The van der Waals surface area contributed by atoms with Crippen molar-refractivity contribution in [3.05, 3.63) is 86.2 Å². The van der Waals surface area contributed by atoms with Crippen LogP contribution in [0.5, 0.6) is 23.0 Å². The summed E-state index contributed by atoms with van der Waals surface area (Å²) < 4.78 is 44.8. The highest BCUT2D eigenvalue weighted by atomic mass is 16.6. The third kappa shape index (κ3) is 12.5. The van der Waals surface area contributed by atoms with Gasteiger partial charge in [-0.2, -0.15) is 0 Å². The molecule has 2 aliphatic heterocycles. The van der Waals surface area contributed by atoms with E-state index in [2.05, 4.69) is 33.8 Å². The molecule has 2 saturated heterocycles. The number of carbonyl (C=O) groups excluding carboxylic acids is 6. The van der Waals surface area contributed by atoms with E-state index in [1.165, 1.54) is 9.80 Å². The Bertz CT molecular complexity index is 2670. The second kappa shape index (κ2) is 22.7. The monoisotopic (exact) mass is 1050 g/mol. The van der Waals surface area contributed by atoms with Crippen LogP contribution < -0.4 is 29.6 Å². The van der Waals surface area contributed by atoms with Gasteiger partial charge in [0.15, 0.2) is 0 Å². The van der Waals surface area contributed by atoms with Crippen molar-refractivity contribution < 1.29 is 66.7 Å². The Balaban J connectivity index is 0.000000221. The predicted molar refractivity (Wildman–Crippen MR) is 280 cm³/mol. The Morgan fingerprint density at radius 2 is 1.01 bits per heavy atom. The normalized spacial score (nSPS) is 24.4. The van der Waals surface area contributed by atoms with E-state index < -0.39 is 82.5 Å². The van der Waals surface area contributed by atoms with Gasteiger partial charge in [0.05, 0.1) is 51.6 Å². The highest BCUT2D eigenvalue weighted by Crippen LogP contribution is 2.47. The van der Waals surface area contributed by atoms with Crippen LogP contribution >= 0.6 is 0 Å². The summed E-state index contributed by atoms with van der Waals surface area (Å²) in [5.74, 6) is 0.0526. The molecule has 408 valence electrons. The van der Waals surface area contributed by atoms with E-state index >= 15 is 0 Å². The third-order valence-corrected chi connectivity index (χ3v) is 13.4. The molecule has 20 nitrogen and oxygen atoms in total. The summed E-state index contributed by atoms with van der Waals surface area (Å²) in [4.78, 5) is 90.3. The third-order valence-electron chi connectivity index (χ3n) is 13.4. The smallest absolute Gasteiger partial charge is 0.411 e. The molecule has 2 N–H and O–H groups in total. The number of nitrogens with zero attached hydrogens (tertiary/aromatic N) is 4. The van der Waals surface area contributed by atoms with E-state index in [1.807, 2.05) is 24.3 Å². The van der Waals surface area contributed by atoms with Gasteiger partial charge in [0.25, 0.3) is 0 Å². The van der Waals surface area contributed by atoms with Gasteiger partial charge in [-0.15, -0.1) is 13.2 Å². The first-order chi connectivity index (χ1) is 36.0. The summed E-state index contributed by atoms with van der Waals surface area (Å²) in [6.07, 6.45) is 5.48. The van der Waals surface area contributed by atoms with Crippen molar-refractivity contribution in [3.63, 3.8) is 0 Å². The number of ether oxygens (including phenoxy) is 8. The maximum atomic E-state index is 13.6. The van der Waals surface area contributed by atoms with E-state index in [1.54, 1.807) is 118 Å². The number of likely N-dealkylation sites (tertiary alicyclic amines) is 2. The van der Waals surface area contributed by atoms with Crippen molar-refractivity contribution >= 4 is 57.7 Å². The van der Waals surface area contributed by atoms with Crippen molar-refractivity contribution in [2.24, 2.45) is 11.8 Å². The Hall–Kier alpha value is -7.64. The van der Waals surface area contributed by atoms with Gasteiger partial charge in [0.2, 0.25) is 11.8 Å². The average Bonchev–Trinajstić information content (AvgIpc) is 4.15. The number of pyridine rings is 2. The van der Waals surface area contributed by atoms with Gasteiger partial charge in [-0.3, -0.25) is 29.4 Å². The van der Waals surface area contributed by atoms with Crippen LogP contribution in [0.2, 0.25) is 0 Å². The van der Waals surface area contributed by atoms with Gasteiger partial charge >= 0.3 is 24.1 Å². The van der Waals surface area contributed by atoms with Crippen LogP contribution in [-0.2, 0) is 38.1 Å². The fourth-order valence-corrected chi connectivity index (χ4v) is 9.46. The largest absolute Gasteiger partial charge is 0.497 e. The van der Waals surface area contributed by atoms with Gasteiger partial charge in [-0.1, -0.05) is 12.2 Å². The molecule has 0 unspecified atom stereocenters. The summed E-state index contributed by atoms with van der Waals surface area (Å²) in [5.41, 5.74) is -2.47. The SMILES string of the molecule is C=C[C@@H]1C[C@]1(NC(=O)[C@@H]1C[C@@H](Oc2ccnc3cc(OC)ccc23)CN1C(=O)OC(C)(C)C)C(=O)OCC.C=C[C@H]1C[C@@]1(NC(=O)[C@@H]1C[C@@H](Oc2ccnc3cc(OC)ccc23)CN1C(=O)OC(C)(C)C)C(=O)OCC. The van der Waals surface area contributed by atoms with Gasteiger partial charge in [-0.25, -0.2) is 19.2 Å². The van der Waals surface area contributed by atoms with Crippen molar-refractivity contribution in [2.75, 3.05) is 40.5 Å². The van der Waals surface area contributed by atoms with Crippen LogP contribution in [0.1, 0.15) is 81.1 Å². The molecule has 8 atom stereocenters. The number of hydrogen-bond acceptors (Lipinski definition) is 16. The maximum absolute atomic E-state index is 13.6. The summed E-state index contributed by atoms with van der Waals surface area (Å²) in [6.45, 7) is 22.1. The number of benzene rings is 2. The quantitative estimate of drug-likeness (QED) is 0.0639. The number of nitrogens with one attached hydrogen (secondary N) is 2. The standard InChI is InChI=1S/2C28H35N3O7/c2*1-7-17-15-28(17,25(33)36-8-2)30-24(32)22-14-19(16-31(22)26(34)38-27(3,4)5)37-23-11-12-29-21-13-18(35-6)9-10-20(21)23/h2*7,9-13,17,19,22H,1,8,14-16H2,2-6H3,(H,30,32)/t17-,19+,22-,28-;17-,19-,22+,28-/m01/s1. The number of rotatable bonds is 16. The van der Waals surface area contributed by atoms with E-state index in [4.69, 9.17) is 37.9 Å². The summed E-state index contributed by atoms with van der Waals surface area (Å²) in [6, 6.07) is 12.6. The molecule has 0 bridgehead atoms. The summed E-state index contributed by atoms with van der Waals surface area (Å²) >= 11 is 0. The molecule has 2 aliphatic carbocycles. The van der Waals surface area contributed by atoms with Gasteiger partial charge in [-0.05, 0) is 105 Å². The van der Waals surface area contributed by atoms with Crippen LogP contribution in [0.4, 0.5) is 9.59 Å². The van der Waals surface area contributed by atoms with Gasteiger partial charge in [0.1, 0.15) is 69.6 Å². The van der Waals surface area contributed by atoms with Gasteiger partial charge < -0.3 is 48.5 Å². The Morgan fingerprint density at radius 3 is 1.33 bits per heavy atom. The molecular formula is C56H70N6O14. The van der Waals surface area contributed by atoms with Crippen molar-refractivity contribution in [3.8, 4) is 23.0 Å². The lowest BCUT2D eigenvalue weighted by atomic mass is 10.1. The molecule has 0 spiro atoms. The molecule has 8 rings (SSSR count). The number of hydrogen-bond donors (Lipinski definition) is 2. The van der Waals surface area contributed by atoms with Crippen LogP contribution in [0, 0.1) is 11.8 Å². The van der Waals surface area contributed by atoms with E-state index in [9.17, 15) is 28.8 Å². The van der Waals surface area contributed by atoms with Crippen molar-refractivity contribution in [1.29, 1.82) is 0 Å². The van der Waals surface area contributed by atoms with Crippen molar-refractivity contribution in [2.45, 2.75) is 128 Å². The molecule has 20 heteroatoms. The zero-order chi connectivity index (χ0) is 55.3. The topological polar surface area (TPSA) is 233 Å². The maximum Gasteiger partial charge on any atom is 0.411 e. The fraction of sp³-hybridized carbons (Fsp3) is 0.500.